The first-order chi connectivity index (χ1) is 10.7. The standard InChI is InChI=1S/C14H19F3N2O3S.ClH/c1-10(11-4-3-7-18-9-11)19-23(20,21)13-6-2-5-12(8-13)22-14(15,16)17;/h2,5-6,8,10-11,18-19H,3-4,7,9H2,1H3;1H. The number of ether oxygens (including phenoxy) is 1. The molecule has 0 spiro atoms. The summed E-state index contributed by atoms with van der Waals surface area (Å²) in [7, 11) is -3.91. The Kier molecular flexibility index (Phi) is 7.33. The van der Waals surface area contributed by atoms with E-state index in [1.54, 1.807) is 6.92 Å². The average Bonchev–Trinajstić information content (AvgIpc) is 2.46. The van der Waals surface area contributed by atoms with Crippen molar-refractivity contribution in [2.75, 3.05) is 13.1 Å². The highest BCUT2D eigenvalue weighted by molar-refractivity contribution is 7.89. The molecule has 138 valence electrons. The molecule has 1 aliphatic rings. The molecule has 1 aliphatic heterocycles. The van der Waals surface area contributed by atoms with Crippen molar-refractivity contribution in [3.63, 3.8) is 0 Å². The highest BCUT2D eigenvalue weighted by atomic mass is 35.5. The van der Waals surface area contributed by atoms with Crippen molar-refractivity contribution in [1.82, 2.24) is 10.0 Å². The first-order valence-electron chi connectivity index (χ1n) is 7.26. The first kappa shape index (κ1) is 21.0. The lowest BCUT2D eigenvalue weighted by Gasteiger charge is -2.28. The molecule has 0 bridgehead atoms. The maximum absolute atomic E-state index is 12.3. The molecule has 24 heavy (non-hydrogen) atoms. The number of hydrogen-bond acceptors (Lipinski definition) is 4. The van der Waals surface area contributed by atoms with Crippen molar-refractivity contribution in [2.45, 2.75) is 37.1 Å². The van der Waals surface area contributed by atoms with Crippen LogP contribution in [0, 0.1) is 5.92 Å². The number of alkyl halides is 3. The minimum absolute atomic E-state index is 0. The molecule has 1 saturated heterocycles. The fourth-order valence-electron chi connectivity index (χ4n) is 2.55. The summed E-state index contributed by atoms with van der Waals surface area (Å²) < 4.78 is 67.6. The maximum Gasteiger partial charge on any atom is 0.573 e. The fraction of sp³-hybridized carbons (Fsp3) is 0.571. The van der Waals surface area contributed by atoms with Crippen LogP contribution >= 0.6 is 12.4 Å². The lowest BCUT2D eigenvalue weighted by atomic mass is 9.94. The highest BCUT2D eigenvalue weighted by Gasteiger charge is 2.32. The number of piperidine rings is 1. The van der Waals surface area contributed by atoms with E-state index in [0.29, 0.717) is 6.54 Å². The van der Waals surface area contributed by atoms with Crippen molar-refractivity contribution < 1.29 is 26.3 Å². The van der Waals surface area contributed by atoms with Crippen LogP contribution in [0.5, 0.6) is 5.75 Å². The normalized spacial score (nSPS) is 20.1. The van der Waals surface area contributed by atoms with Gasteiger partial charge in [-0.3, -0.25) is 0 Å². The molecule has 1 heterocycles. The molecule has 1 aromatic rings. The zero-order valence-corrected chi connectivity index (χ0v) is 14.6. The second kappa shape index (κ2) is 8.37. The summed E-state index contributed by atoms with van der Waals surface area (Å²) in [5, 5.41) is 3.20. The van der Waals surface area contributed by atoms with Crippen LogP contribution in [-0.2, 0) is 10.0 Å². The Labute approximate surface area is 145 Å². The van der Waals surface area contributed by atoms with Crippen LogP contribution in [-0.4, -0.2) is 33.9 Å². The summed E-state index contributed by atoms with van der Waals surface area (Å²) in [6.45, 7) is 3.37. The number of sulfonamides is 1. The Morgan fingerprint density at radius 3 is 2.67 bits per heavy atom. The summed E-state index contributed by atoms with van der Waals surface area (Å²) in [4.78, 5) is -0.255. The summed E-state index contributed by atoms with van der Waals surface area (Å²) in [6.07, 6.45) is -3.00. The minimum Gasteiger partial charge on any atom is -0.406 e. The monoisotopic (exact) mass is 388 g/mol. The van der Waals surface area contributed by atoms with Crippen LogP contribution in [0.4, 0.5) is 13.2 Å². The van der Waals surface area contributed by atoms with E-state index in [-0.39, 0.29) is 29.3 Å². The van der Waals surface area contributed by atoms with Gasteiger partial charge < -0.3 is 10.1 Å². The van der Waals surface area contributed by atoms with Crippen molar-refractivity contribution >= 4 is 22.4 Å². The van der Waals surface area contributed by atoms with Gasteiger partial charge in [0.15, 0.2) is 0 Å². The van der Waals surface area contributed by atoms with E-state index < -0.39 is 22.1 Å². The highest BCUT2D eigenvalue weighted by Crippen LogP contribution is 2.25. The third kappa shape index (κ3) is 6.12. The Morgan fingerprint density at radius 2 is 2.08 bits per heavy atom. The SMILES string of the molecule is CC(NS(=O)(=O)c1cccc(OC(F)(F)F)c1)C1CCCNC1.Cl. The van der Waals surface area contributed by atoms with Gasteiger partial charge in [0.05, 0.1) is 4.90 Å². The molecular weight excluding hydrogens is 369 g/mol. The van der Waals surface area contributed by atoms with Crippen molar-refractivity contribution in [3.8, 4) is 5.75 Å². The van der Waals surface area contributed by atoms with Gasteiger partial charge in [-0.15, -0.1) is 25.6 Å². The molecule has 1 fully saturated rings. The molecule has 0 aromatic heterocycles. The number of hydrogen-bond donors (Lipinski definition) is 2. The topological polar surface area (TPSA) is 67.4 Å². The molecule has 2 rings (SSSR count). The van der Waals surface area contributed by atoms with Crippen molar-refractivity contribution in [2.24, 2.45) is 5.92 Å². The Hall–Kier alpha value is -1.03. The second-order valence-corrected chi connectivity index (χ2v) is 7.25. The minimum atomic E-state index is -4.86. The predicted octanol–water partition coefficient (Wildman–Crippen LogP) is 2.67. The van der Waals surface area contributed by atoms with Gasteiger partial charge in [0.1, 0.15) is 5.75 Å². The molecule has 0 aliphatic carbocycles. The molecule has 1 aromatic carbocycles. The zero-order valence-electron chi connectivity index (χ0n) is 13.0. The zero-order chi connectivity index (χ0) is 17.1. The molecule has 5 nitrogen and oxygen atoms in total. The summed E-state index contributed by atoms with van der Waals surface area (Å²) in [6, 6.07) is 4.04. The van der Waals surface area contributed by atoms with Crippen LogP contribution < -0.4 is 14.8 Å². The first-order valence-corrected chi connectivity index (χ1v) is 8.74. The average molecular weight is 389 g/mol. The Balaban J connectivity index is 0.00000288. The van der Waals surface area contributed by atoms with E-state index in [4.69, 9.17) is 0 Å². The van der Waals surface area contributed by atoms with Gasteiger partial charge in [-0.25, -0.2) is 13.1 Å². The number of halogens is 4. The van der Waals surface area contributed by atoms with E-state index in [0.717, 1.165) is 31.5 Å². The third-order valence-corrected chi connectivity index (χ3v) is 5.29. The van der Waals surface area contributed by atoms with Crippen molar-refractivity contribution in [1.29, 1.82) is 0 Å². The van der Waals surface area contributed by atoms with Crippen molar-refractivity contribution in [3.05, 3.63) is 24.3 Å². The molecule has 2 atom stereocenters. The third-order valence-electron chi connectivity index (χ3n) is 3.73. The van der Waals surface area contributed by atoms with Gasteiger partial charge in [-0.1, -0.05) is 6.07 Å². The van der Waals surface area contributed by atoms with Gasteiger partial charge in [-0.2, -0.15) is 0 Å². The molecule has 0 amide bonds. The second-order valence-electron chi connectivity index (χ2n) is 5.54. The molecular formula is C14H20ClF3N2O3S. The number of nitrogens with one attached hydrogen (secondary N) is 2. The van der Waals surface area contributed by atoms with Crippen LogP contribution in [0.1, 0.15) is 19.8 Å². The Bertz CT molecular complexity index is 634. The van der Waals surface area contributed by atoms with Gasteiger partial charge >= 0.3 is 6.36 Å². The fourth-order valence-corrected chi connectivity index (χ4v) is 3.90. The molecule has 2 unspecified atom stereocenters. The van der Waals surface area contributed by atoms with Crippen LogP contribution in [0.2, 0.25) is 0 Å². The van der Waals surface area contributed by atoms with Crippen LogP contribution in [0.15, 0.2) is 29.2 Å². The van der Waals surface area contributed by atoms with Crippen LogP contribution in [0.25, 0.3) is 0 Å². The van der Waals surface area contributed by atoms with Gasteiger partial charge in [0.2, 0.25) is 10.0 Å². The molecule has 10 heteroatoms. The molecule has 2 N–H and O–H groups in total. The van der Waals surface area contributed by atoms with E-state index in [2.05, 4.69) is 14.8 Å². The lowest BCUT2D eigenvalue weighted by molar-refractivity contribution is -0.274. The molecule has 0 radical (unpaired) electrons. The van der Waals surface area contributed by atoms with Gasteiger partial charge in [-0.05, 0) is 50.9 Å². The summed E-state index contributed by atoms with van der Waals surface area (Å²) >= 11 is 0. The smallest absolute Gasteiger partial charge is 0.406 e. The Morgan fingerprint density at radius 1 is 1.38 bits per heavy atom. The molecule has 0 saturated carbocycles. The quantitative estimate of drug-likeness (QED) is 0.813. The number of benzene rings is 1. The maximum atomic E-state index is 12.3. The lowest BCUT2D eigenvalue weighted by Crippen LogP contribution is -2.44. The summed E-state index contributed by atoms with van der Waals surface area (Å²) in [5.41, 5.74) is 0. The number of rotatable bonds is 5. The van der Waals surface area contributed by atoms with E-state index in [1.807, 2.05) is 0 Å². The largest absolute Gasteiger partial charge is 0.573 e. The predicted molar refractivity (Wildman–Crippen MR) is 85.8 cm³/mol. The van der Waals surface area contributed by atoms with Gasteiger partial charge in [0.25, 0.3) is 0 Å². The summed E-state index contributed by atoms with van der Waals surface area (Å²) in [5.74, 6) is -0.416. The van der Waals surface area contributed by atoms with Gasteiger partial charge in [0, 0.05) is 12.1 Å². The van der Waals surface area contributed by atoms with Crippen LogP contribution in [0.3, 0.4) is 0 Å². The van der Waals surface area contributed by atoms with E-state index in [1.165, 1.54) is 12.1 Å². The van der Waals surface area contributed by atoms with E-state index in [9.17, 15) is 21.6 Å². The van der Waals surface area contributed by atoms with E-state index >= 15 is 0 Å².